The zero-order valence-corrected chi connectivity index (χ0v) is 17.1. The molecule has 3 heterocycles. The molecule has 4 rings (SSSR count). The first-order chi connectivity index (χ1) is 13.5. The average Bonchev–Trinajstić information content (AvgIpc) is 3.31. The largest absolute Gasteiger partial charge is 0.348 e. The van der Waals surface area contributed by atoms with Gasteiger partial charge >= 0.3 is 0 Å². The van der Waals surface area contributed by atoms with Crippen molar-refractivity contribution in [3.63, 3.8) is 0 Å². The fraction of sp³-hybridized carbons (Fsp3) is 0.190. The van der Waals surface area contributed by atoms with Gasteiger partial charge in [0.25, 0.3) is 5.56 Å². The second-order valence-corrected chi connectivity index (χ2v) is 8.76. The molecule has 1 aromatic carbocycles. The van der Waals surface area contributed by atoms with E-state index in [2.05, 4.69) is 10.3 Å². The minimum Gasteiger partial charge on any atom is -0.348 e. The van der Waals surface area contributed by atoms with Gasteiger partial charge in [-0.05, 0) is 31.5 Å². The van der Waals surface area contributed by atoms with Gasteiger partial charge < -0.3 is 5.32 Å². The summed E-state index contributed by atoms with van der Waals surface area (Å²) in [6, 6.07) is 13.7. The fourth-order valence-electron chi connectivity index (χ4n) is 3.11. The molecule has 0 aliphatic rings. The van der Waals surface area contributed by atoms with Crippen molar-refractivity contribution in [1.82, 2.24) is 14.9 Å². The summed E-state index contributed by atoms with van der Waals surface area (Å²) in [5.41, 5.74) is 1.72. The lowest BCUT2D eigenvalue weighted by molar-refractivity contribution is -0.122. The molecule has 5 nitrogen and oxygen atoms in total. The van der Waals surface area contributed by atoms with Crippen molar-refractivity contribution in [2.75, 3.05) is 0 Å². The van der Waals surface area contributed by atoms with E-state index in [-0.39, 0.29) is 24.1 Å². The highest BCUT2D eigenvalue weighted by Gasteiger charge is 2.16. The Bertz CT molecular complexity index is 1190. The van der Waals surface area contributed by atoms with Crippen LogP contribution in [0.2, 0.25) is 0 Å². The number of fused-ring (bicyclic) bond motifs is 1. The highest BCUT2D eigenvalue weighted by Crippen LogP contribution is 2.34. The minimum absolute atomic E-state index is 0.0578. The predicted molar refractivity (Wildman–Crippen MR) is 115 cm³/mol. The summed E-state index contributed by atoms with van der Waals surface area (Å²) in [7, 11) is 0. The molecule has 0 saturated carbocycles. The van der Waals surface area contributed by atoms with Gasteiger partial charge in [0.15, 0.2) is 0 Å². The third-order valence-electron chi connectivity index (χ3n) is 4.56. The second kappa shape index (κ2) is 7.69. The number of amides is 1. The Morgan fingerprint density at radius 1 is 1.21 bits per heavy atom. The summed E-state index contributed by atoms with van der Waals surface area (Å²) in [5.74, 6) is -0.219. The molecular weight excluding hydrogens is 390 g/mol. The van der Waals surface area contributed by atoms with Crippen LogP contribution < -0.4 is 10.9 Å². The number of thiophene rings is 2. The smallest absolute Gasteiger partial charge is 0.263 e. The molecule has 142 valence electrons. The van der Waals surface area contributed by atoms with Crippen molar-refractivity contribution in [2.24, 2.45) is 0 Å². The fourth-order valence-corrected chi connectivity index (χ4v) is 4.97. The van der Waals surface area contributed by atoms with E-state index >= 15 is 0 Å². The van der Waals surface area contributed by atoms with Crippen LogP contribution in [0.4, 0.5) is 0 Å². The van der Waals surface area contributed by atoms with E-state index in [0.29, 0.717) is 10.2 Å². The normalized spacial score (nSPS) is 12.2. The number of hydrogen-bond acceptors (Lipinski definition) is 5. The van der Waals surface area contributed by atoms with E-state index in [1.165, 1.54) is 27.1 Å². The summed E-state index contributed by atoms with van der Waals surface area (Å²) >= 11 is 3.10. The lowest BCUT2D eigenvalue weighted by atomic mass is 10.1. The quantitative estimate of drug-likeness (QED) is 0.532. The molecule has 7 heteroatoms. The van der Waals surface area contributed by atoms with Crippen LogP contribution in [0.25, 0.3) is 20.7 Å². The van der Waals surface area contributed by atoms with Crippen molar-refractivity contribution in [1.29, 1.82) is 0 Å². The van der Waals surface area contributed by atoms with Gasteiger partial charge in [-0.1, -0.05) is 30.3 Å². The number of nitrogens with zero attached hydrogens (tertiary/aromatic N) is 2. The maximum absolute atomic E-state index is 13.0. The SMILES string of the molecule is Cc1ccc(-c2csc3ncn(CC(=O)N[C@H](C)c4ccccc4)c(=O)c23)s1. The van der Waals surface area contributed by atoms with Gasteiger partial charge in [-0.2, -0.15) is 0 Å². The highest BCUT2D eigenvalue weighted by atomic mass is 32.1. The Morgan fingerprint density at radius 2 is 2.00 bits per heavy atom. The standard InChI is InChI=1S/C21H19N3O2S2/c1-13-8-9-17(28-13)16-11-27-20-19(16)21(26)24(12-22-20)10-18(25)23-14(2)15-6-4-3-5-7-15/h3-9,11-12,14H,10H2,1-2H3,(H,23,25)/t14-/m1/s1. The number of carbonyl (C=O) groups excluding carboxylic acids is 1. The van der Waals surface area contributed by atoms with Crippen LogP contribution in [0.15, 0.2) is 59.0 Å². The highest BCUT2D eigenvalue weighted by molar-refractivity contribution is 7.19. The van der Waals surface area contributed by atoms with E-state index in [0.717, 1.165) is 16.0 Å². The molecule has 28 heavy (non-hydrogen) atoms. The summed E-state index contributed by atoms with van der Waals surface area (Å²) in [4.78, 5) is 32.8. The Morgan fingerprint density at radius 3 is 2.71 bits per heavy atom. The lowest BCUT2D eigenvalue weighted by Gasteiger charge is -2.14. The maximum atomic E-state index is 13.0. The number of aryl methyl sites for hydroxylation is 1. The predicted octanol–water partition coefficient (Wildman–Crippen LogP) is 4.37. The van der Waals surface area contributed by atoms with Gasteiger partial charge in [-0.3, -0.25) is 14.2 Å². The zero-order chi connectivity index (χ0) is 19.7. The molecule has 0 aliphatic heterocycles. The first kappa shape index (κ1) is 18.6. The Balaban J connectivity index is 1.60. The molecular formula is C21H19N3O2S2. The second-order valence-electron chi connectivity index (χ2n) is 6.62. The molecule has 3 aromatic heterocycles. The summed E-state index contributed by atoms with van der Waals surface area (Å²) in [6.07, 6.45) is 1.46. The van der Waals surface area contributed by atoms with Crippen LogP contribution in [-0.4, -0.2) is 15.5 Å². The topological polar surface area (TPSA) is 64.0 Å². The molecule has 0 bridgehead atoms. The molecule has 0 fully saturated rings. The van der Waals surface area contributed by atoms with Gasteiger partial charge in [0.2, 0.25) is 5.91 Å². The zero-order valence-electron chi connectivity index (χ0n) is 15.5. The first-order valence-electron chi connectivity index (χ1n) is 8.90. The van der Waals surface area contributed by atoms with Crippen LogP contribution in [0.5, 0.6) is 0 Å². The van der Waals surface area contributed by atoms with Gasteiger partial charge in [0, 0.05) is 20.7 Å². The van der Waals surface area contributed by atoms with Crippen molar-refractivity contribution in [3.05, 3.63) is 75.0 Å². The van der Waals surface area contributed by atoms with Crippen LogP contribution in [0.1, 0.15) is 23.4 Å². The van der Waals surface area contributed by atoms with Crippen molar-refractivity contribution >= 4 is 38.8 Å². The summed E-state index contributed by atoms with van der Waals surface area (Å²) in [6.45, 7) is 3.91. The molecule has 0 spiro atoms. The molecule has 1 N–H and O–H groups in total. The van der Waals surface area contributed by atoms with Gasteiger partial charge in [0.05, 0.1) is 17.8 Å². The van der Waals surface area contributed by atoms with Crippen LogP contribution in [0.3, 0.4) is 0 Å². The van der Waals surface area contributed by atoms with Crippen LogP contribution in [-0.2, 0) is 11.3 Å². The van der Waals surface area contributed by atoms with Gasteiger partial charge in [-0.25, -0.2) is 4.98 Å². The Kier molecular flexibility index (Phi) is 5.11. The van der Waals surface area contributed by atoms with E-state index in [1.54, 1.807) is 11.3 Å². The molecule has 0 saturated heterocycles. The Labute approximate surface area is 170 Å². The maximum Gasteiger partial charge on any atom is 0.263 e. The monoisotopic (exact) mass is 409 g/mol. The third-order valence-corrected chi connectivity index (χ3v) is 6.48. The number of nitrogens with one attached hydrogen (secondary N) is 1. The molecule has 1 atom stereocenters. The van der Waals surface area contributed by atoms with Gasteiger partial charge in [0.1, 0.15) is 11.4 Å². The number of rotatable bonds is 5. The van der Waals surface area contributed by atoms with E-state index in [4.69, 9.17) is 0 Å². The van der Waals surface area contributed by atoms with Crippen LogP contribution >= 0.6 is 22.7 Å². The van der Waals surface area contributed by atoms with Crippen molar-refractivity contribution < 1.29 is 4.79 Å². The van der Waals surface area contributed by atoms with Crippen LogP contribution in [0, 0.1) is 6.92 Å². The number of carbonyl (C=O) groups is 1. The molecule has 0 aliphatic carbocycles. The lowest BCUT2D eigenvalue weighted by Crippen LogP contribution is -2.33. The third kappa shape index (κ3) is 3.63. The first-order valence-corrected chi connectivity index (χ1v) is 10.6. The molecule has 1 amide bonds. The number of hydrogen-bond donors (Lipinski definition) is 1. The van der Waals surface area contributed by atoms with Crippen molar-refractivity contribution in [2.45, 2.75) is 26.4 Å². The number of aromatic nitrogens is 2. The molecule has 0 unspecified atom stereocenters. The minimum atomic E-state index is -0.219. The van der Waals surface area contributed by atoms with E-state index in [1.807, 2.05) is 61.7 Å². The summed E-state index contributed by atoms with van der Waals surface area (Å²) in [5, 5.41) is 5.49. The van der Waals surface area contributed by atoms with Gasteiger partial charge in [-0.15, -0.1) is 22.7 Å². The average molecular weight is 410 g/mol. The molecule has 0 radical (unpaired) electrons. The summed E-state index contributed by atoms with van der Waals surface area (Å²) < 4.78 is 1.38. The van der Waals surface area contributed by atoms with Crippen molar-refractivity contribution in [3.8, 4) is 10.4 Å². The van der Waals surface area contributed by atoms with E-state index < -0.39 is 0 Å². The Hall–Kier alpha value is -2.77. The van der Waals surface area contributed by atoms with E-state index in [9.17, 15) is 9.59 Å². The number of benzene rings is 1. The molecule has 4 aromatic rings.